The van der Waals surface area contributed by atoms with Crippen LogP contribution in [0.25, 0.3) is 0 Å². The molecule has 0 aliphatic carbocycles. The second kappa shape index (κ2) is 6.69. The largest absolute Gasteiger partial charge is 0.508 e. The van der Waals surface area contributed by atoms with Crippen LogP contribution in [0.1, 0.15) is 58.6 Å². The Kier molecular flexibility index (Phi) is 5.15. The smallest absolute Gasteiger partial charge is 0.122 e. The van der Waals surface area contributed by atoms with Gasteiger partial charge in [-0.05, 0) is 44.2 Å². The number of phenolic OH excluding ortho intramolecular Hbond substituents is 1. The van der Waals surface area contributed by atoms with E-state index in [2.05, 4.69) is 50.0 Å². The number of nitrogens with one attached hydrogen (secondary N) is 1. The first-order valence-electron chi connectivity index (χ1n) is 8.24. The standard InChI is InChI=1S/C18H30N2O/c1-5-19-14(2)16-8-7-15(13-17(16)21)20-11-6-9-18(3,4)10-12-20/h7-8,13-14,19,21H,5-6,9-12H2,1-4H3. The van der Waals surface area contributed by atoms with E-state index in [1.54, 1.807) is 0 Å². The fourth-order valence-electron chi connectivity index (χ4n) is 3.19. The molecule has 3 heteroatoms. The fourth-order valence-corrected chi connectivity index (χ4v) is 3.19. The molecule has 0 amide bonds. The number of benzene rings is 1. The number of hydrogen-bond acceptors (Lipinski definition) is 3. The SMILES string of the molecule is CCNC(C)c1ccc(N2CCCC(C)(C)CC2)cc1O. The average molecular weight is 290 g/mol. The van der Waals surface area contributed by atoms with Crippen molar-refractivity contribution in [3.8, 4) is 5.75 Å². The van der Waals surface area contributed by atoms with Crippen molar-refractivity contribution in [1.82, 2.24) is 5.32 Å². The van der Waals surface area contributed by atoms with Crippen molar-refractivity contribution in [2.45, 2.75) is 53.0 Å². The van der Waals surface area contributed by atoms with Gasteiger partial charge in [-0.3, -0.25) is 0 Å². The second-order valence-electron chi connectivity index (χ2n) is 7.03. The van der Waals surface area contributed by atoms with Crippen LogP contribution in [0.2, 0.25) is 0 Å². The van der Waals surface area contributed by atoms with E-state index in [1.807, 2.05) is 6.07 Å². The number of aromatic hydroxyl groups is 1. The Bertz CT molecular complexity index is 470. The Labute approximate surface area is 129 Å². The molecule has 2 rings (SSSR count). The molecule has 1 heterocycles. The Morgan fingerprint density at radius 3 is 2.71 bits per heavy atom. The van der Waals surface area contributed by atoms with E-state index in [0.717, 1.165) is 30.9 Å². The lowest BCUT2D eigenvalue weighted by Crippen LogP contribution is -2.25. The van der Waals surface area contributed by atoms with Gasteiger partial charge in [0.1, 0.15) is 5.75 Å². The van der Waals surface area contributed by atoms with E-state index < -0.39 is 0 Å². The summed E-state index contributed by atoms with van der Waals surface area (Å²) in [5.41, 5.74) is 2.57. The van der Waals surface area contributed by atoms with Crippen LogP contribution in [0.5, 0.6) is 5.75 Å². The Hall–Kier alpha value is -1.22. The van der Waals surface area contributed by atoms with Gasteiger partial charge in [0.05, 0.1) is 0 Å². The maximum atomic E-state index is 10.3. The van der Waals surface area contributed by atoms with Crippen molar-refractivity contribution >= 4 is 5.69 Å². The summed E-state index contributed by atoms with van der Waals surface area (Å²) in [6, 6.07) is 6.34. The Morgan fingerprint density at radius 1 is 1.29 bits per heavy atom. The molecule has 2 N–H and O–H groups in total. The highest BCUT2D eigenvalue weighted by molar-refractivity contribution is 5.54. The molecule has 0 bridgehead atoms. The number of anilines is 1. The van der Waals surface area contributed by atoms with E-state index in [9.17, 15) is 5.11 Å². The maximum Gasteiger partial charge on any atom is 0.122 e. The highest BCUT2D eigenvalue weighted by Crippen LogP contribution is 2.34. The van der Waals surface area contributed by atoms with E-state index in [4.69, 9.17) is 0 Å². The zero-order valence-corrected chi connectivity index (χ0v) is 13.9. The van der Waals surface area contributed by atoms with Crippen LogP contribution < -0.4 is 10.2 Å². The van der Waals surface area contributed by atoms with Gasteiger partial charge in [-0.15, -0.1) is 0 Å². The molecule has 21 heavy (non-hydrogen) atoms. The second-order valence-corrected chi connectivity index (χ2v) is 7.03. The number of nitrogens with zero attached hydrogens (tertiary/aromatic N) is 1. The molecular weight excluding hydrogens is 260 g/mol. The van der Waals surface area contributed by atoms with Crippen LogP contribution in [0.15, 0.2) is 18.2 Å². The monoisotopic (exact) mass is 290 g/mol. The molecule has 1 aromatic carbocycles. The number of phenols is 1. The molecule has 0 aromatic heterocycles. The quantitative estimate of drug-likeness (QED) is 0.877. The highest BCUT2D eigenvalue weighted by atomic mass is 16.3. The summed E-state index contributed by atoms with van der Waals surface area (Å²) in [7, 11) is 0. The summed E-state index contributed by atoms with van der Waals surface area (Å²) in [5.74, 6) is 0.407. The molecule has 1 atom stereocenters. The molecule has 1 aliphatic rings. The van der Waals surface area contributed by atoms with Gasteiger partial charge in [-0.2, -0.15) is 0 Å². The van der Waals surface area contributed by atoms with Crippen LogP contribution in [-0.4, -0.2) is 24.7 Å². The first-order chi connectivity index (χ1) is 9.93. The molecule has 0 spiro atoms. The van der Waals surface area contributed by atoms with Crippen molar-refractivity contribution in [3.05, 3.63) is 23.8 Å². The number of rotatable bonds is 4. The first kappa shape index (κ1) is 16.2. The van der Waals surface area contributed by atoms with Crippen molar-refractivity contribution < 1.29 is 5.11 Å². The summed E-state index contributed by atoms with van der Waals surface area (Å²) in [4.78, 5) is 2.41. The van der Waals surface area contributed by atoms with Gasteiger partial charge in [-0.25, -0.2) is 0 Å². The van der Waals surface area contributed by atoms with Gasteiger partial charge in [0.2, 0.25) is 0 Å². The van der Waals surface area contributed by atoms with Crippen molar-refractivity contribution in [1.29, 1.82) is 0 Å². The molecule has 1 saturated heterocycles. The average Bonchev–Trinajstić information content (AvgIpc) is 2.60. The van der Waals surface area contributed by atoms with E-state index >= 15 is 0 Å². The third-order valence-corrected chi connectivity index (χ3v) is 4.70. The van der Waals surface area contributed by atoms with Crippen LogP contribution in [0.3, 0.4) is 0 Å². The predicted octanol–water partition coefficient (Wildman–Crippen LogP) is 4.08. The van der Waals surface area contributed by atoms with Gasteiger partial charge in [-0.1, -0.05) is 26.8 Å². The van der Waals surface area contributed by atoms with Crippen molar-refractivity contribution in [2.75, 3.05) is 24.5 Å². The van der Waals surface area contributed by atoms with Gasteiger partial charge in [0, 0.05) is 36.4 Å². The van der Waals surface area contributed by atoms with E-state index in [1.165, 1.54) is 19.3 Å². The molecule has 1 aromatic rings. The zero-order valence-electron chi connectivity index (χ0n) is 13.9. The molecular formula is C18H30N2O. The van der Waals surface area contributed by atoms with Crippen LogP contribution >= 0.6 is 0 Å². The third kappa shape index (κ3) is 4.13. The molecule has 0 radical (unpaired) electrons. The molecule has 1 unspecified atom stereocenters. The van der Waals surface area contributed by atoms with Crippen LogP contribution in [0.4, 0.5) is 5.69 Å². The van der Waals surface area contributed by atoms with Gasteiger partial charge in [0.15, 0.2) is 0 Å². The maximum absolute atomic E-state index is 10.3. The fraction of sp³-hybridized carbons (Fsp3) is 0.667. The first-order valence-corrected chi connectivity index (χ1v) is 8.24. The van der Waals surface area contributed by atoms with Crippen LogP contribution in [0, 0.1) is 5.41 Å². The Balaban J connectivity index is 2.12. The van der Waals surface area contributed by atoms with Gasteiger partial charge in [0.25, 0.3) is 0 Å². The summed E-state index contributed by atoms with van der Waals surface area (Å²) < 4.78 is 0. The summed E-state index contributed by atoms with van der Waals surface area (Å²) in [6.45, 7) is 12.0. The molecule has 1 aliphatic heterocycles. The normalized spacial score (nSPS) is 20.1. The van der Waals surface area contributed by atoms with E-state index in [-0.39, 0.29) is 6.04 Å². The molecule has 1 fully saturated rings. The Morgan fingerprint density at radius 2 is 2.05 bits per heavy atom. The zero-order chi connectivity index (χ0) is 15.5. The summed E-state index contributed by atoms with van der Waals surface area (Å²) in [6.07, 6.45) is 3.72. The minimum Gasteiger partial charge on any atom is -0.508 e. The minimum absolute atomic E-state index is 0.187. The summed E-state index contributed by atoms with van der Waals surface area (Å²) in [5, 5.41) is 13.7. The predicted molar refractivity (Wildman–Crippen MR) is 90.0 cm³/mol. The minimum atomic E-state index is 0.187. The topological polar surface area (TPSA) is 35.5 Å². The van der Waals surface area contributed by atoms with Crippen LogP contribution in [-0.2, 0) is 0 Å². The van der Waals surface area contributed by atoms with Crippen molar-refractivity contribution in [3.63, 3.8) is 0 Å². The van der Waals surface area contributed by atoms with Gasteiger partial charge < -0.3 is 15.3 Å². The third-order valence-electron chi connectivity index (χ3n) is 4.70. The van der Waals surface area contributed by atoms with Gasteiger partial charge >= 0.3 is 0 Å². The number of hydrogen-bond donors (Lipinski definition) is 2. The molecule has 3 nitrogen and oxygen atoms in total. The summed E-state index contributed by atoms with van der Waals surface area (Å²) >= 11 is 0. The lowest BCUT2D eigenvalue weighted by atomic mass is 9.85. The highest BCUT2D eigenvalue weighted by Gasteiger charge is 2.23. The molecule has 0 saturated carbocycles. The molecule has 118 valence electrons. The lowest BCUT2D eigenvalue weighted by molar-refractivity contribution is 0.325. The van der Waals surface area contributed by atoms with Crippen molar-refractivity contribution in [2.24, 2.45) is 5.41 Å². The van der Waals surface area contributed by atoms with E-state index in [0.29, 0.717) is 11.2 Å². The lowest BCUT2D eigenvalue weighted by Gasteiger charge is -2.26.